The summed E-state index contributed by atoms with van der Waals surface area (Å²) < 4.78 is 15.0. The zero-order valence-corrected chi connectivity index (χ0v) is 28.2. The standard InChI is InChI=1S/C40H33N7O4/c1-24-8-12-27(13-9-24)22-46-33-7-5-4-6-30(33)37(44-46)42-39(48)31-21-36(50-26(31)3)29-16-17-34-32(20-29)38(43-40(49)35-18-19-41-51-35)45-47(34)23-28-14-10-25(2)11-15-28/h4-21H,22-23H2,1-3H3,(H,42,44,48)(H,43,45,49). The van der Waals surface area contributed by atoms with Crippen LogP contribution in [0, 0.1) is 20.8 Å². The topological polar surface area (TPSA) is 133 Å². The number of benzene rings is 4. The van der Waals surface area contributed by atoms with Crippen molar-refractivity contribution in [2.75, 3.05) is 10.6 Å². The molecule has 4 aromatic carbocycles. The highest BCUT2D eigenvalue weighted by Crippen LogP contribution is 2.33. The maximum atomic E-state index is 13.7. The van der Waals surface area contributed by atoms with Gasteiger partial charge in [-0.05, 0) is 68.3 Å². The van der Waals surface area contributed by atoms with Crippen molar-refractivity contribution >= 4 is 45.3 Å². The number of furan rings is 1. The van der Waals surface area contributed by atoms with Crippen LogP contribution < -0.4 is 10.6 Å². The predicted octanol–water partition coefficient (Wildman–Crippen LogP) is 8.16. The second-order valence-electron chi connectivity index (χ2n) is 12.6. The highest BCUT2D eigenvalue weighted by molar-refractivity contribution is 6.09. The van der Waals surface area contributed by atoms with E-state index >= 15 is 0 Å². The summed E-state index contributed by atoms with van der Waals surface area (Å²) in [5.74, 6) is 1.04. The largest absolute Gasteiger partial charge is 0.461 e. The molecule has 0 radical (unpaired) electrons. The first-order chi connectivity index (χ1) is 24.8. The molecule has 2 N–H and O–H groups in total. The Morgan fingerprint density at radius 2 is 1.27 bits per heavy atom. The van der Waals surface area contributed by atoms with Gasteiger partial charge in [-0.3, -0.25) is 19.0 Å². The van der Waals surface area contributed by atoms with Crippen LogP contribution in [0.3, 0.4) is 0 Å². The van der Waals surface area contributed by atoms with Gasteiger partial charge in [0.05, 0.1) is 35.9 Å². The Morgan fingerprint density at radius 1 is 0.667 bits per heavy atom. The smallest absolute Gasteiger partial charge is 0.295 e. The highest BCUT2D eigenvalue weighted by atomic mass is 16.5. The lowest BCUT2D eigenvalue weighted by Gasteiger charge is -2.05. The number of para-hydroxylation sites is 1. The van der Waals surface area contributed by atoms with Gasteiger partial charge < -0.3 is 19.6 Å². The normalized spacial score (nSPS) is 11.4. The number of amides is 2. The van der Waals surface area contributed by atoms with E-state index in [1.165, 1.54) is 17.8 Å². The number of aromatic nitrogens is 5. The van der Waals surface area contributed by atoms with Crippen LogP contribution in [0.25, 0.3) is 33.1 Å². The van der Waals surface area contributed by atoms with Gasteiger partial charge in [-0.15, -0.1) is 0 Å². The van der Waals surface area contributed by atoms with Crippen LogP contribution in [0.2, 0.25) is 0 Å². The minimum Gasteiger partial charge on any atom is -0.461 e. The van der Waals surface area contributed by atoms with Gasteiger partial charge in [0.2, 0.25) is 5.76 Å². The van der Waals surface area contributed by atoms with Gasteiger partial charge in [0, 0.05) is 22.4 Å². The van der Waals surface area contributed by atoms with Gasteiger partial charge in [0.25, 0.3) is 11.8 Å². The Balaban J connectivity index is 1.10. The van der Waals surface area contributed by atoms with Gasteiger partial charge >= 0.3 is 0 Å². The van der Waals surface area contributed by atoms with Gasteiger partial charge in [-0.25, -0.2) is 0 Å². The molecule has 51 heavy (non-hydrogen) atoms. The monoisotopic (exact) mass is 675 g/mol. The summed E-state index contributed by atoms with van der Waals surface area (Å²) in [6, 6.07) is 33.3. The lowest BCUT2D eigenvalue weighted by molar-refractivity contribution is 0.0986. The molecule has 0 fully saturated rings. The number of rotatable bonds is 9. The number of carbonyl (C=O) groups is 2. The Hall–Kier alpha value is -6.75. The second kappa shape index (κ2) is 12.9. The van der Waals surface area contributed by atoms with Crippen molar-refractivity contribution < 1.29 is 18.5 Å². The third kappa shape index (κ3) is 6.28. The number of fused-ring (bicyclic) bond motifs is 2. The SMILES string of the molecule is Cc1ccc(Cn2nc(NC(=O)c3ccno3)c3cc(-c4cc(C(=O)Nc5nn(Cc6ccc(C)cc6)c6ccccc56)c(C)o4)ccc32)cc1. The van der Waals surface area contributed by atoms with E-state index in [1.54, 1.807) is 13.0 Å². The van der Waals surface area contributed by atoms with Crippen LogP contribution in [-0.4, -0.2) is 36.5 Å². The van der Waals surface area contributed by atoms with E-state index in [1.807, 2.05) is 58.8 Å². The molecule has 0 saturated carbocycles. The first-order valence-corrected chi connectivity index (χ1v) is 16.5. The molecule has 0 spiro atoms. The molecule has 252 valence electrons. The summed E-state index contributed by atoms with van der Waals surface area (Å²) in [6.07, 6.45) is 1.41. The van der Waals surface area contributed by atoms with Crippen molar-refractivity contribution in [1.29, 1.82) is 0 Å². The van der Waals surface area contributed by atoms with Crippen LogP contribution >= 0.6 is 0 Å². The molecule has 0 aliphatic rings. The van der Waals surface area contributed by atoms with Crippen molar-refractivity contribution in [3.63, 3.8) is 0 Å². The van der Waals surface area contributed by atoms with Crippen LogP contribution in [-0.2, 0) is 13.1 Å². The Morgan fingerprint density at radius 3 is 1.92 bits per heavy atom. The van der Waals surface area contributed by atoms with Crippen LogP contribution in [0.1, 0.15) is 48.9 Å². The fraction of sp³-hybridized carbons (Fsp3) is 0.125. The lowest BCUT2D eigenvalue weighted by Crippen LogP contribution is -2.13. The summed E-state index contributed by atoms with van der Waals surface area (Å²) in [4.78, 5) is 26.7. The number of hydrogen-bond acceptors (Lipinski definition) is 7. The Bertz CT molecular complexity index is 2540. The fourth-order valence-electron chi connectivity index (χ4n) is 6.15. The van der Waals surface area contributed by atoms with E-state index in [-0.39, 0.29) is 11.7 Å². The van der Waals surface area contributed by atoms with Crippen LogP contribution in [0.15, 0.2) is 118 Å². The van der Waals surface area contributed by atoms with Crippen molar-refractivity contribution in [2.45, 2.75) is 33.9 Å². The quantitative estimate of drug-likeness (QED) is 0.158. The molecule has 0 bridgehead atoms. The molecule has 8 rings (SSSR count). The summed E-state index contributed by atoms with van der Waals surface area (Å²) in [6.45, 7) is 6.92. The molecule has 8 aromatic rings. The maximum absolute atomic E-state index is 13.7. The fourth-order valence-corrected chi connectivity index (χ4v) is 6.15. The number of aryl methyl sites for hydroxylation is 3. The van der Waals surface area contributed by atoms with Gasteiger partial charge in [0.1, 0.15) is 11.5 Å². The zero-order chi connectivity index (χ0) is 35.1. The average molecular weight is 676 g/mol. The Kier molecular flexibility index (Phi) is 7.99. The number of anilines is 2. The van der Waals surface area contributed by atoms with E-state index < -0.39 is 5.91 Å². The summed E-state index contributed by atoms with van der Waals surface area (Å²) in [5.41, 5.74) is 7.35. The highest BCUT2D eigenvalue weighted by Gasteiger charge is 2.22. The Labute approximate surface area is 292 Å². The van der Waals surface area contributed by atoms with Crippen LogP contribution in [0.4, 0.5) is 11.6 Å². The maximum Gasteiger partial charge on any atom is 0.295 e. The number of hydrogen-bond donors (Lipinski definition) is 2. The van der Waals surface area contributed by atoms with Crippen molar-refractivity contribution in [3.8, 4) is 11.3 Å². The first-order valence-electron chi connectivity index (χ1n) is 16.5. The zero-order valence-electron chi connectivity index (χ0n) is 28.2. The van der Waals surface area contributed by atoms with E-state index in [2.05, 4.69) is 71.2 Å². The number of carbonyl (C=O) groups excluding carboxylic acids is 2. The summed E-state index contributed by atoms with van der Waals surface area (Å²) in [7, 11) is 0. The molecule has 0 unspecified atom stereocenters. The lowest BCUT2D eigenvalue weighted by atomic mass is 10.1. The third-order valence-electron chi connectivity index (χ3n) is 8.89. The molecule has 11 nitrogen and oxygen atoms in total. The molecule has 0 saturated heterocycles. The minimum atomic E-state index is -0.471. The third-order valence-corrected chi connectivity index (χ3v) is 8.89. The molecular weight excluding hydrogens is 642 g/mol. The average Bonchev–Trinajstić information content (AvgIpc) is 3.94. The summed E-state index contributed by atoms with van der Waals surface area (Å²) in [5, 5.41) is 20.6. The molecule has 0 aliphatic heterocycles. The van der Waals surface area contributed by atoms with Crippen molar-refractivity contribution in [1.82, 2.24) is 24.7 Å². The summed E-state index contributed by atoms with van der Waals surface area (Å²) >= 11 is 0. The van der Waals surface area contributed by atoms with E-state index in [0.29, 0.717) is 52.8 Å². The molecular formula is C40H33N7O4. The van der Waals surface area contributed by atoms with Crippen molar-refractivity contribution in [2.24, 2.45) is 0 Å². The van der Waals surface area contributed by atoms with Gasteiger partial charge in [0.15, 0.2) is 11.6 Å². The molecule has 2 amide bonds. The first kappa shape index (κ1) is 31.5. The molecule has 11 heteroatoms. The van der Waals surface area contributed by atoms with Crippen LogP contribution in [0.5, 0.6) is 0 Å². The molecule has 0 aliphatic carbocycles. The number of nitrogens with one attached hydrogen (secondary N) is 2. The second-order valence-corrected chi connectivity index (χ2v) is 12.6. The number of nitrogens with zero attached hydrogens (tertiary/aromatic N) is 5. The van der Waals surface area contributed by atoms with E-state index in [9.17, 15) is 9.59 Å². The van der Waals surface area contributed by atoms with Gasteiger partial charge in [-0.2, -0.15) is 10.2 Å². The van der Waals surface area contributed by atoms with Gasteiger partial charge in [-0.1, -0.05) is 76.9 Å². The molecule has 4 aromatic heterocycles. The molecule has 0 atom stereocenters. The minimum absolute atomic E-state index is 0.0671. The molecule has 4 heterocycles. The van der Waals surface area contributed by atoms with Crippen molar-refractivity contribution in [3.05, 3.63) is 149 Å². The predicted molar refractivity (Wildman–Crippen MR) is 195 cm³/mol. The van der Waals surface area contributed by atoms with E-state index in [0.717, 1.165) is 33.1 Å². The van der Waals surface area contributed by atoms with E-state index in [4.69, 9.17) is 19.1 Å².